The maximum absolute atomic E-state index is 8.28. The minimum Gasteiger partial charge on any atom is -0.411 e. The van der Waals surface area contributed by atoms with Gasteiger partial charge in [-0.05, 0) is 27.7 Å². The first-order chi connectivity index (χ1) is 9.44. The fraction of sp³-hybridized carbons (Fsp3) is 0.667. The van der Waals surface area contributed by atoms with Gasteiger partial charge in [-0.2, -0.15) is 0 Å². The van der Waals surface area contributed by atoms with Crippen LogP contribution in [0.2, 0.25) is 0 Å². The second-order valence-electron chi connectivity index (χ2n) is 3.88. The predicted molar refractivity (Wildman–Crippen MR) is 83.9 cm³/mol. The topological polar surface area (TPSA) is 142 Å². The summed E-state index contributed by atoms with van der Waals surface area (Å²) in [5.41, 5.74) is 12.9. The van der Waals surface area contributed by atoms with E-state index in [1.807, 2.05) is 0 Å². The molecule has 0 radical (unpaired) electrons. The zero-order valence-electron chi connectivity index (χ0n) is 13.0. The maximum Gasteiger partial charge on any atom is 2.00 e. The molecule has 0 aromatic heterocycles. The Morgan fingerprint density at radius 1 is 0.714 bits per heavy atom. The number of nitrogens with zero attached hydrogens (tertiary/aromatic N) is 4. The molecular weight excluding hydrogens is 319 g/mol. The van der Waals surface area contributed by atoms with Gasteiger partial charge >= 0.3 is 16.5 Å². The monoisotopic (exact) mass is 344 g/mol. The van der Waals surface area contributed by atoms with Crippen molar-refractivity contribution in [3.8, 4) is 0 Å². The van der Waals surface area contributed by atoms with Crippen molar-refractivity contribution in [2.75, 3.05) is 26.2 Å². The summed E-state index contributed by atoms with van der Waals surface area (Å²) in [6.45, 7) is 9.16. The third-order valence-electron chi connectivity index (χ3n) is 2.30. The Morgan fingerprint density at radius 3 is 1.19 bits per heavy atom. The average Bonchev–Trinajstić information content (AvgIpc) is 2.48. The van der Waals surface area contributed by atoms with Crippen LogP contribution in [0.5, 0.6) is 0 Å². The van der Waals surface area contributed by atoms with Crippen molar-refractivity contribution in [3.63, 3.8) is 0 Å². The molecule has 0 saturated carbocycles. The minimum atomic E-state index is 0. The van der Waals surface area contributed by atoms with Crippen LogP contribution in [0.25, 0.3) is 0 Å². The predicted octanol–water partition coefficient (Wildman–Crippen LogP) is 0.510. The van der Waals surface area contributed by atoms with E-state index < -0.39 is 0 Å². The molecule has 0 bridgehead atoms. The molecule has 9 heteroatoms. The first-order valence-electron chi connectivity index (χ1n) is 6.24. The summed E-state index contributed by atoms with van der Waals surface area (Å²) >= 11 is 0. The van der Waals surface area contributed by atoms with Crippen molar-refractivity contribution < 1.29 is 26.9 Å². The summed E-state index contributed by atoms with van der Waals surface area (Å²) in [7, 11) is 0. The second-order valence-corrected chi connectivity index (χ2v) is 3.88. The van der Waals surface area contributed by atoms with Crippen LogP contribution in [0.4, 0.5) is 0 Å². The molecule has 0 aliphatic rings. The van der Waals surface area contributed by atoms with Crippen LogP contribution >= 0.6 is 0 Å². The Labute approximate surface area is 136 Å². The third-order valence-corrected chi connectivity index (χ3v) is 2.30. The number of oxime groups is 2. The van der Waals surface area contributed by atoms with Crippen molar-refractivity contribution in [2.45, 2.75) is 27.7 Å². The van der Waals surface area contributed by atoms with Gasteiger partial charge in [0, 0.05) is 13.1 Å². The summed E-state index contributed by atoms with van der Waals surface area (Å²) in [6.07, 6.45) is 0. The molecular formula is C12H26N6NiO2+2. The van der Waals surface area contributed by atoms with E-state index in [9.17, 15) is 0 Å². The van der Waals surface area contributed by atoms with Crippen LogP contribution in [0.3, 0.4) is 0 Å². The van der Waals surface area contributed by atoms with Gasteiger partial charge in [-0.3, -0.25) is 9.98 Å². The molecule has 6 N–H and O–H groups in total. The Morgan fingerprint density at radius 2 is 1.00 bits per heavy atom. The summed E-state index contributed by atoms with van der Waals surface area (Å²) in [5.74, 6) is 0. The van der Waals surface area contributed by atoms with Crippen LogP contribution in [0.1, 0.15) is 27.7 Å². The van der Waals surface area contributed by atoms with Crippen molar-refractivity contribution in [1.29, 1.82) is 0 Å². The molecule has 0 spiro atoms. The Bertz CT molecular complexity index is 344. The first-order valence-corrected chi connectivity index (χ1v) is 6.24. The quantitative estimate of drug-likeness (QED) is 0.241. The van der Waals surface area contributed by atoms with Crippen LogP contribution < -0.4 is 11.5 Å². The molecule has 0 aromatic rings. The molecule has 124 valence electrons. The molecule has 0 rings (SSSR count). The van der Waals surface area contributed by atoms with E-state index >= 15 is 0 Å². The fourth-order valence-corrected chi connectivity index (χ4v) is 0.838. The van der Waals surface area contributed by atoms with Crippen LogP contribution in [0, 0.1) is 0 Å². The van der Waals surface area contributed by atoms with E-state index in [1.54, 1.807) is 27.7 Å². The van der Waals surface area contributed by atoms with E-state index in [1.165, 1.54) is 0 Å². The van der Waals surface area contributed by atoms with Crippen LogP contribution in [-0.2, 0) is 16.5 Å². The number of hydrogen-bond donors (Lipinski definition) is 4. The van der Waals surface area contributed by atoms with Crippen LogP contribution in [-0.4, -0.2) is 59.4 Å². The van der Waals surface area contributed by atoms with Gasteiger partial charge in [0.2, 0.25) is 0 Å². The van der Waals surface area contributed by atoms with E-state index in [0.717, 1.165) is 11.4 Å². The van der Waals surface area contributed by atoms with Gasteiger partial charge < -0.3 is 21.9 Å². The SMILES string of the molecule is CC(=NO)C(C)=NCCN.CC(=NO)C(C)=NCCN.[Ni+2]. The number of nitrogens with two attached hydrogens (primary N) is 2. The molecule has 0 aliphatic carbocycles. The minimum absolute atomic E-state index is 0. The summed E-state index contributed by atoms with van der Waals surface area (Å²) in [4.78, 5) is 8.03. The summed E-state index contributed by atoms with van der Waals surface area (Å²) < 4.78 is 0. The van der Waals surface area contributed by atoms with E-state index in [4.69, 9.17) is 21.9 Å². The van der Waals surface area contributed by atoms with Crippen molar-refractivity contribution in [1.82, 2.24) is 0 Å². The summed E-state index contributed by atoms with van der Waals surface area (Å²) in [6, 6.07) is 0. The van der Waals surface area contributed by atoms with Gasteiger partial charge in [-0.25, -0.2) is 0 Å². The Kier molecular flexibility index (Phi) is 19.7. The largest absolute Gasteiger partial charge is 2.00 e. The van der Waals surface area contributed by atoms with Gasteiger partial charge in [-0.1, -0.05) is 10.3 Å². The molecule has 0 amide bonds. The molecule has 0 saturated heterocycles. The Balaban J connectivity index is -0.000000295. The van der Waals surface area contributed by atoms with Gasteiger partial charge in [0.05, 0.1) is 35.9 Å². The van der Waals surface area contributed by atoms with Gasteiger partial charge in [-0.15, -0.1) is 0 Å². The normalized spacial score (nSPS) is 13.2. The smallest absolute Gasteiger partial charge is 0.411 e. The molecule has 21 heavy (non-hydrogen) atoms. The van der Waals surface area contributed by atoms with Gasteiger partial charge in [0.1, 0.15) is 0 Å². The number of hydrogen-bond acceptors (Lipinski definition) is 8. The van der Waals surface area contributed by atoms with Gasteiger partial charge in [0.25, 0.3) is 0 Å². The van der Waals surface area contributed by atoms with E-state index in [2.05, 4.69) is 20.3 Å². The molecule has 0 fully saturated rings. The van der Waals surface area contributed by atoms with Crippen LogP contribution in [0.15, 0.2) is 20.3 Å². The number of aliphatic imine (C=N–C) groups is 2. The maximum atomic E-state index is 8.28. The standard InChI is InChI=1S/2C6H13N3O.Ni/c2*1-5(6(2)9-10)8-4-3-7;/h2*10H,3-4,7H2,1-2H3;/q;;+2. The van der Waals surface area contributed by atoms with Crippen molar-refractivity contribution in [3.05, 3.63) is 0 Å². The fourth-order valence-electron chi connectivity index (χ4n) is 0.838. The van der Waals surface area contributed by atoms with Gasteiger partial charge in [0.15, 0.2) is 0 Å². The molecule has 0 aliphatic heterocycles. The molecule has 0 aromatic carbocycles. The van der Waals surface area contributed by atoms with Crippen molar-refractivity contribution in [2.24, 2.45) is 31.8 Å². The zero-order valence-corrected chi connectivity index (χ0v) is 14.0. The average molecular weight is 345 g/mol. The molecule has 0 atom stereocenters. The van der Waals surface area contributed by atoms with E-state index in [-0.39, 0.29) is 16.5 Å². The number of rotatable bonds is 6. The first kappa shape index (κ1) is 24.7. The summed E-state index contributed by atoms with van der Waals surface area (Å²) in [5, 5.41) is 22.5. The Hall–Kier alpha value is -1.31. The van der Waals surface area contributed by atoms with Crippen molar-refractivity contribution >= 4 is 22.8 Å². The molecule has 8 nitrogen and oxygen atoms in total. The molecule has 0 unspecified atom stereocenters. The zero-order chi connectivity index (χ0) is 16.0. The van der Waals surface area contributed by atoms with E-state index in [0.29, 0.717) is 37.6 Å². The molecule has 0 heterocycles. The third kappa shape index (κ3) is 14.9. The second kappa shape index (κ2) is 16.7.